The average Bonchev–Trinajstić information content (AvgIpc) is 3.15. The Hall–Kier alpha value is -3.50. The van der Waals surface area contributed by atoms with Crippen molar-refractivity contribution < 1.29 is 19.2 Å². The number of hydrogen-bond acceptors (Lipinski definition) is 7. The van der Waals surface area contributed by atoms with Crippen molar-refractivity contribution in [2.75, 3.05) is 19.6 Å². The maximum atomic E-state index is 13.0. The summed E-state index contributed by atoms with van der Waals surface area (Å²) >= 11 is 0. The van der Waals surface area contributed by atoms with E-state index < -0.39 is 22.7 Å². The Morgan fingerprint density at radius 3 is 2.53 bits per heavy atom. The first kappa shape index (κ1) is 21.2. The van der Waals surface area contributed by atoms with Crippen molar-refractivity contribution in [1.29, 1.82) is 0 Å². The topological polar surface area (TPSA) is 124 Å². The molecule has 1 fully saturated rings. The van der Waals surface area contributed by atoms with Crippen LogP contribution in [0, 0.1) is 10.1 Å². The smallest absolute Gasteiger partial charge is 0.410 e. The van der Waals surface area contributed by atoms with Crippen LogP contribution in [0.3, 0.4) is 0 Å². The minimum absolute atomic E-state index is 0.137. The Bertz CT molecular complexity index is 923. The number of amides is 2. The molecule has 1 aliphatic rings. The van der Waals surface area contributed by atoms with E-state index in [1.165, 1.54) is 16.9 Å². The van der Waals surface area contributed by atoms with E-state index in [1.807, 2.05) is 0 Å². The Morgan fingerprint density at radius 1 is 1.23 bits per heavy atom. The molecular weight excluding hydrogens is 392 g/mol. The van der Waals surface area contributed by atoms with Gasteiger partial charge < -0.3 is 24.7 Å². The molecule has 0 saturated carbocycles. The van der Waals surface area contributed by atoms with Gasteiger partial charge in [0.15, 0.2) is 0 Å². The monoisotopic (exact) mass is 416 g/mol. The van der Waals surface area contributed by atoms with Crippen molar-refractivity contribution in [2.45, 2.75) is 39.0 Å². The van der Waals surface area contributed by atoms with Crippen molar-refractivity contribution in [2.24, 2.45) is 0 Å². The standard InChI is InChI=1S/C19H24N6O5/c1-19(2,3)30-18(27)22-10-11-24(15(12-22)14-4-7-20-8-5-14)17(26)13-23-9-6-16(21-23)25(28)29/h4-9,15H,10-13H2,1-3H3/t15-/m0/s1. The van der Waals surface area contributed by atoms with Gasteiger partial charge in [0.05, 0.1) is 23.4 Å². The highest BCUT2D eigenvalue weighted by atomic mass is 16.6. The van der Waals surface area contributed by atoms with Gasteiger partial charge in [-0.1, -0.05) is 0 Å². The summed E-state index contributed by atoms with van der Waals surface area (Å²) in [6, 6.07) is 4.44. The fourth-order valence-electron chi connectivity index (χ4n) is 3.21. The van der Waals surface area contributed by atoms with Crippen LogP contribution in [0.1, 0.15) is 32.4 Å². The molecule has 2 aromatic heterocycles. The van der Waals surface area contributed by atoms with Crippen LogP contribution >= 0.6 is 0 Å². The van der Waals surface area contributed by atoms with Crippen LogP contribution in [0.2, 0.25) is 0 Å². The molecule has 0 aromatic carbocycles. The van der Waals surface area contributed by atoms with Crippen LogP contribution in [0.5, 0.6) is 0 Å². The zero-order valence-electron chi connectivity index (χ0n) is 17.1. The number of hydrogen-bond donors (Lipinski definition) is 0. The van der Waals surface area contributed by atoms with Gasteiger partial charge >= 0.3 is 11.9 Å². The number of aromatic nitrogens is 3. The lowest BCUT2D eigenvalue weighted by Gasteiger charge is -2.41. The summed E-state index contributed by atoms with van der Waals surface area (Å²) in [4.78, 5) is 43.0. The molecule has 11 nitrogen and oxygen atoms in total. The highest BCUT2D eigenvalue weighted by molar-refractivity contribution is 5.77. The lowest BCUT2D eigenvalue weighted by Crippen LogP contribution is -2.53. The molecule has 3 heterocycles. The predicted molar refractivity (Wildman–Crippen MR) is 105 cm³/mol. The molecule has 0 unspecified atom stereocenters. The number of piperazine rings is 1. The van der Waals surface area contributed by atoms with Crippen LogP contribution in [0.4, 0.5) is 10.6 Å². The number of carbonyl (C=O) groups is 2. The second-order valence-corrected chi connectivity index (χ2v) is 7.94. The summed E-state index contributed by atoms with van der Waals surface area (Å²) in [5, 5.41) is 14.6. The highest BCUT2D eigenvalue weighted by Gasteiger charge is 2.35. The van der Waals surface area contributed by atoms with Gasteiger partial charge in [-0.2, -0.15) is 4.68 Å². The third kappa shape index (κ3) is 5.10. The average molecular weight is 416 g/mol. The van der Waals surface area contributed by atoms with Crippen molar-refractivity contribution >= 4 is 17.8 Å². The summed E-state index contributed by atoms with van der Waals surface area (Å²) in [6.07, 6.45) is 4.22. The molecular formula is C19H24N6O5. The molecule has 1 saturated heterocycles. The van der Waals surface area contributed by atoms with E-state index >= 15 is 0 Å². The highest BCUT2D eigenvalue weighted by Crippen LogP contribution is 2.26. The zero-order chi connectivity index (χ0) is 21.9. The number of ether oxygens (including phenoxy) is 1. The molecule has 2 amide bonds. The maximum Gasteiger partial charge on any atom is 0.410 e. The second-order valence-electron chi connectivity index (χ2n) is 7.94. The normalized spacial score (nSPS) is 17.0. The molecule has 0 spiro atoms. The fourth-order valence-corrected chi connectivity index (χ4v) is 3.21. The largest absolute Gasteiger partial charge is 0.444 e. The Balaban J connectivity index is 1.78. The molecule has 1 aliphatic heterocycles. The molecule has 0 radical (unpaired) electrons. The summed E-state index contributed by atoms with van der Waals surface area (Å²) in [5.41, 5.74) is 0.212. The minimum Gasteiger partial charge on any atom is -0.444 e. The molecule has 0 aliphatic carbocycles. The minimum atomic E-state index is -0.620. The van der Waals surface area contributed by atoms with Gasteiger partial charge in [0.1, 0.15) is 12.1 Å². The quantitative estimate of drug-likeness (QED) is 0.551. The molecule has 0 bridgehead atoms. The van der Waals surface area contributed by atoms with Gasteiger partial charge in [-0.05, 0) is 43.4 Å². The van der Waals surface area contributed by atoms with E-state index in [9.17, 15) is 19.7 Å². The third-order valence-electron chi connectivity index (χ3n) is 4.55. The van der Waals surface area contributed by atoms with Crippen LogP contribution < -0.4 is 0 Å². The van der Waals surface area contributed by atoms with E-state index in [4.69, 9.17) is 4.74 Å². The van der Waals surface area contributed by atoms with Crippen LogP contribution in [-0.4, -0.2) is 66.7 Å². The molecule has 1 atom stereocenters. The van der Waals surface area contributed by atoms with Gasteiger partial charge in [0.25, 0.3) is 0 Å². The molecule has 11 heteroatoms. The van der Waals surface area contributed by atoms with Crippen molar-refractivity contribution in [3.63, 3.8) is 0 Å². The van der Waals surface area contributed by atoms with E-state index in [1.54, 1.807) is 55.1 Å². The second kappa shape index (κ2) is 8.47. The number of carbonyl (C=O) groups excluding carboxylic acids is 2. The summed E-state index contributed by atoms with van der Waals surface area (Å²) in [6.45, 7) is 6.15. The number of nitro groups is 1. The fraction of sp³-hybridized carbons (Fsp3) is 0.474. The van der Waals surface area contributed by atoms with Gasteiger partial charge in [-0.25, -0.2) is 4.79 Å². The van der Waals surface area contributed by atoms with Crippen molar-refractivity contribution in [3.8, 4) is 0 Å². The molecule has 30 heavy (non-hydrogen) atoms. The number of rotatable bonds is 4. The lowest BCUT2D eigenvalue weighted by molar-refractivity contribution is -0.389. The maximum absolute atomic E-state index is 13.0. The SMILES string of the molecule is CC(C)(C)OC(=O)N1CCN(C(=O)Cn2ccc([N+](=O)[O-])n2)[C@H](c2ccncc2)C1. The third-order valence-corrected chi connectivity index (χ3v) is 4.55. The predicted octanol–water partition coefficient (Wildman–Crippen LogP) is 2.01. The van der Waals surface area contributed by atoms with Gasteiger partial charge in [0, 0.05) is 32.0 Å². The van der Waals surface area contributed by atoms with Gasteiger partial charge in [-0.15, -0.1) is 0 Å². The summed E-state index contributed by atoms with van der Waals surface area (Å²) in [5.74, 6) is -0.568. The van der Waals surface area contributed by atoms with Gasteiger partial charge in [-0.3, -0.25) is 9.78 Å². The summed E-state index contributed by atoms with van der Waals surface area (Å²) < 4.78 is 6.71. The van der Waals surface area contributed by atoms with Crippen LogP contribution in [-0.2, 0) is 16.1 Å². The first-order valence-electron chi connectivity index (χ1n) is 9.49. The number of pyridine rings is 1. The first-order chi connectivity index (χ1) is 14.1. The van der Waals surface area contributed by atoms with E-state index in [0.29, 0.717) is 13.1 Å². The molecule has 0 N–H and O–H groups in total. The molecule has 3 rings (SSSR count). The lowest BCUT2D eigenvalue weighted by atomic mass is 10.0. The zero-order valence-corrected chi connectivity index (χ0v) is 17.1. The Morgan fingerprint density at radius 2 is 1.93 bits per heavy atom. The van der Waals surface area contributed by atoms with E-state index in [0.717, 1.165) is 5.56 Å². The first-order valence-corrected chi connectivity index (χ1v) is 9.49. The van der Waals surface area contributed by atoms with Crippen LogP contribution in [0.15, 0.2) is 36.8 Å². The molecule has 160 valence electrons. The Labute approximate surface area is 173 Å². The number of nitrogens with zero attached hydrogens (tertiary/aromatic N) is 6. The van der Waals surface area contributed by atoms with Crippen molar-refractivity contribution in [3.05, 3.63) is 52.5 Å². The molecule has 2 aromatic rings. The van der Waals surface area contributed by atoms with Crippen LogP contribution in [0.25, 0.3) is 0 Å². The summed E-state index contributed by atoms with van der Waals surface area (Å²) in [7, 11) is 0. The van der Waals surface area contributed by atoms with Crippen molar-refractivity contribution in [1.82, 2.24) is 24.6 Å². The Kier molecular flexibility index (Phi) is 5.99. The van der Waals surface area contributed by atoms with E-state index in [-0.39, 0.29) is 24.8 Å². The van der Waals surface area contributed by atoms with E-state index in [2.05, 4.69) is 10.1 Å². The van der Waals surface area contributed by atoms with Gasteiger partial charge in [0.2, 0.25) is 5.91 Å².